The fourth-order valence-electron chi connectivity index (χ4n) is 4.16. The number of amides is 2. The Kier molecular flexibility index (Phi) is 5.38. The Hall–Kier alpha value is -2.03. The Morgan fingerprint density at radius 3 is 2.63 bits per heavy atom. The molecule has 2 N–H and O–H groups in total. The van der Waals surface area contributed by atoms with Gasteiger partial charge in [-0.3, -0.25) is 9.59 Å². The number of likely N-dealkylation sites (tertiary alicyclic amines) is 1. The smallest absolute Gasteiger partial charge is 0.245 e. The number of carbonyl (C=O) groups excluding carboxylic acids is 2. The fraction of sp³-hybridized carbons (Fsp3) is 0.579. The zero-order chi connectivity index (χ0) is 18.8. The summed E-state index contributed by atoms with van der Waals surface area (Å²) in [5, 5.41) is 0. The van der Waals surface area contributed by atoms with Crippen LogP contribution in [-0.2, 0) is 14.3 Å². The van der Waals surface area contributed by atoms with Gasteiger partial charge >= 0.3 is 0 Å². The highest BCUT2D eigenvalue weighted by Gasteiger charge is 2.41. The Morgan fingerprint density at radius 2 is 1.85 bits per heavy atom. The van der Waals surface area contributed by atoms with Crippen LogP contribution in [0.2, 0.25) is 0 Å². The van der Waals surface area contributed by atoms with Gasteiger partial charge in [0.05, 0.1) is 19.3 Å². The highest BCUT2D eigenvalue weighted by atomic mass is 19.1. The molecule has 7 nitrogen and oxygen atoms in total. The van der Waals surface area contributed by atoms with E-state index >= 15 is 0 Å². The molecule has 8 heteroatoms. The number of nitrogens with zero attached hydrogens (tertiary/aromatic N) is 2. The summed E-state index contributed by atoms with van der Waals surface area (Å²) in [6.07, 6.45) is 1.97. The first-order valence-electron chi connectivity index (χ1n) is 9.57. The van der Waals surface area contributed by atoms with E-state index in [9.17, 15) is 14.0 Å². The van der Waals surface area contributed by atoms with E-state index in [0.717, 1.165) is 6.42 Å². The summed E-state index contributed by atoms with van der Waals surface area (Å²) >= 11 is 0. The van der Waals surface area contributed by atoms with Crippen molar-refractivity contribution in [1.29, 1.82) is 0 Å². The quantitative estimate of drug-likeness (QED) is 0.808. The van der Waals surface area contributed by atoms with E-state index in [1.807, 2.05) is 0 Å². The Bertz CT molecular complexity index is 710. The van der Waals surface area contributed by atoms with Crippen molar-refractivity contribution in [1.82, 2.24) is 20.7 Å². The van der Waals surface area contributed by atoms with E-state index in [-0.39, 0.29) is 23.7 Å². The molecule has 0 bridgehead atoms. The molecule has 3 fully saturated rings. The molecule has 3 aliphatic rings. The minimum absolute atomic E-state index is 0.0146. The van der Waals surface area contributed by atoms with E-state index in [4.69, 9.17) is 4.74 Å². The molecule has 3 atom stereocenters. The summed E-state index contributed by atoms with van der Waals surface area (Å²) in [5.41, 5.74) is 6.57. The van der Waals surface area contributed by atoms with Gasteiger partial charge in [-0.25, -0.2) is 15.2 Å². The molecule has 27 heavy (non-hydrogen) atoms. The molecule has 0 spiro atoms. The number of morpholine rings is 1. The third kappa shape index (κ3) is 3.69. The van der Waals surface area contributed by atoms with Gasteiger partial charge in [0.2, 0.25) is 11.8 Å². The maximum Gasteiger partial charge on any atom is 0.245 e. The van der Waals surface area contributed by atoms with Crippen molar-refractivity contribution in [3.05, 3.63) is 35.6 Å². The molecule has 3 aliphatic heterocycles. The van der Waals surface area contributed by atoms with Crippen molar-refractivity contribution in [3.8, 4) is 0 Å². The Balaban J connectivity index is 1.41. The number of rotatable bonds is 3. The topological polar surface area (TPSA) is 73.9 Å². The van der Waals surface area contributed by atoms with E-state index in [2.05, 4.69) is 10.9 Å². The van der Waals surface area contributed by atoms with Crippen LogP contribution in [0, 0.1) is 5.82 Å². The van der Waals surface area contributed by atoms with Crippen LogP contribution < -0.4 is 10.9 Å². The predicted molar refractivity (Wildman–Crippen MR) is 96.0 cm³/mol. The standard InChI is InChI=1S/C19H25FN4O3/c20-14-5-2-1-4-13(14)15-12-16(22-21-15)18(25)24-7-3-6-17(24)19(26)23-8-10-27-11-9-23/h1-2,4-5,15-17,21-22H,3,6-12H2/t15?,16?,17-/m0/s1. The average Bonchev–Trinajstić information content (AvgIpc) is 3.38. The van der Waals surface area contributed by atoms with Gasteiger partial charge in [0.15, 0.2) is 0 Å². The van der Waals surface area contributed by atoms with E-state index in [1.54, 1.807) is 28.0 Å². The lowest BCUT2D eigenvalue weighted by atomic mass is 10.0. The summed E-state index contributed by atoms with van der Waals surface area (Å²) in [6, 6.07) is 5.45. The number of hydrazine groups is 1. The molecule has 0 saturated carbocycles. The van der Waals surface area contributed by atoms with Gasteiger partial charge in [0.25, 0.3) is 0 Å². The Morgan fingerprint density at radius 1 is 1.07 bits per heavy atom. The van der Waals surface area contributed by atoms with Crippen molar-refractivity contribution in [2.75, 3.05) is 32.8 Å². The second-order valence-electron chi connectivity index (χ2n) is 7.28. The fourth-order valence-corrected chi connectivity index (χ4v) is 4.16. The van der Waals surface area contributed by atoms with Crippen LogP contribution in [0.4, 0.5) is 4.39 Å². The van der Waals surface area contributed by atoms with Crippen molar-refractivity contribution in [3.63, 3.8) is 0 Å². The van der Waals surface area contributed by atoms with Gasteiger partial charge < -0.3 is 14.5 Å². The van der Waals surface area contributed by atoms with Crippen molar-refractivity contribution in [2.45, 2.75) is 37.4 Å². The molecule has 146 valence electrons. The number of hydrogen-bond donors (Lipinski definition) is 2. The molecule has 4 rings (SSSR count). The second kappa shape index (κ2) is 7.92. The molecule has 1 aromatic carbocycles. The van der Waals surface area contributed by atoms with Gasteiger partial charge in [-0.2, -0.15) is 0 Å². The molecular formula is C19H25FN4O3. The van der Waals surface area contributed by atoms with Crippen LogP contribution in [0.25, 0.3) is 0 Å². The molecule has 2 unspecified atom stereocenters. The zero-order valence-corrected chi connectivity index (χ0v) is 15.2. The molecule has 0 aromatic heterocycles. The first-order valence-corrected chi connectivity index (χ1v) is 9.57. The largest absolute Gasteiger partial charge is 0.378 e. The lowest BCUT2D eigenvalue weighted by molar-refractivity contribution is -0.147. The monoisotopic (exact) mass is 376 g/mol. The summed E-state index contributed by atoms with van der Waals surface area (Å²) in [5.74, 6) is -0.363. The molecule has 3 heterocycles. The number of halogens is 1. The van der Waals surface area contributed by atoms with Crippen molar-refractivity contribution in [2.24, 2.45) is 0 Å². The molecule has 2 amide bonds. The Labute approximate surface area is 157 Å². The average molecular weight is 376 g/mol. The summed E-state index contributed by atoms with van der Waals surface area (Å²) in [4.78, 5) is 29.4. The minimum atomic E-state index is -0.465. The lowest BCUT2D eigenvalue weighted by Gasteiger charge is -2.33. The van der Waals surface area contributed by atoms with Gasteiger partial charge in [-0.05, 0) is 25.3 Å². The number of carbonyl (C=O) groups is 2. The van der Waals surface area contributed by atoms with Crippen LogP contribution in [-0.4, -0.2) is 66.5 Å². The van der Waals surface area contributed by atoms with Gasteiger partial charge in [-0.1, -0.05) is 18.2 Å². The van der Waals surface area contributed by atoms with E-state index in [1.165, 1.54) is 6.07 Å². The normalized spacial score (nSPS) is 28.6. The maximum absolute atomic E-state index is 14.0. The van der Waals surface area contributed by atoms with Gasteiger partial charge in [0.1, 0.15) is 17.9 Å². The number of nitrogens with one attached hydrogen (secondary N) is 2. The van der Waals surface area contributed by atoms with Crippen LogP contribution in [0.15, 0.2) is 24.3 Å². The minimum Gasteiger partial charge on any atom is -0.378 e. The van der Waals surface area contributed by atoms with E-state index in [0.29, 0.717) is 51.3 Å². The summed E-state index contributed by atoms with van der Waals surface area (Å²) in [6.45, 7) is 2.84. The molecular weight excluding hydrogens is 351 g/mol. The maximum atomic E-state index is 14.0. The van der Waals surface area contributed by atoms with E-state index < -0.39 is 12.1 Å². The molecule has 0 aliphatic carbocycles. The van der Waals surface area contributed by atoms with Crippen LogP contribution in [0.3, 0.4) is 0 Å². The van der Waals surface area contributed by atoms with Crippen molar-refractivity contribution < 1.29 is 18.7 Å². The van der Waals surface area contributed by atoms with Crippen LogP contribution in [0.5, 0.6) is 0 Å². The second-order valence-corrected chi connectivity index (χ2v) is 7.28. The summed E-state index contributed by atoms with van der Waals surface area (Å²) in [7, 11) is 0. The third-order valence-electron chi connectivity index (χ3n) is 5.63. The van der Waals surface area contributed by atoms with Crippen LogP contribution in [0.1, 0.15) is 30.9 Å². The first-order chi connectivity index (χ1) is 13.1. The van der Waals surface area contributed by atoms with Gasteiger partial charge in [0, 0.05) is 25.2 Å². The SMILES string of the molecule is O=C([C@@H]1CCCN1C(=O)C1CC(c2ccccc2F)NN1)N1CCOCC1. The van der Waals surface area contributed by atoms with Crippen molar-refractivity contribution >= 4 is 11.8 Å². The first kappa shape index (κ1) is 18.3. The molecule has 0 radical (unpaired) electrons. The third-order valence-corrected chi connectivity index (χ3v) is 5.63. The number of benzene rings is 1. The molecule has 1 aromatic rings. The van der Waals surface area contributed by atoms with Crippen LogP contribution >= 0.6 is 0 Å². The highest BCUT2D eigenvalue weighted by Crippen LogP contribution is 2.27. The van der Waals surface area contributed by atoms with Gasteiger partial charge in [-0.15, -0.1) is 0 Å². The summed E-state index contributed by atoms with van der Waals surface area (Å²) < 4.78 is 19.3. The zero-order valence-electron chi connectivity index (χ0n) is 15.2. The molecule has 3 saturated heterocycles. The number of ether oxygens (including phenoxy) is 1. The predicted octanol–water partition coefficient (Wildman–Crippen LogP) is 0.583. The lowest BCUT2D eigenvalue weighted by Crippen LogP contribution is -2.54. The number of hydrogen-bond acceptors (Lipinski definition) is 5. The highest BCUT2D eigenvalue weighted by molar-refractivity contribution is 5.90.